The van der Waals surface area contributed by atoms with Gasteiger partial charge in [0.1, 0.15) is 0 Å². The summed E-state index contributed by atoms with van der Waals surface area (Å²) in [6.07, 6.45) is 0.853. The Kier molecular flexibility index (Phi) is 5.78. The second-order valence-electron chi connectivity index (χ2n) is 4.66. The number of nitrogens with one attached hydrogen (secondary N) is 1. The highest BCUT2D eigenvalue weighted by atomic mass is 32.2. The Balaban J connectivity index is 2.50. The van der Waals surface area contributed by atoms with Gasteiger partial charge in [-0.05, 0) is 11.5 Å². The third kappa shape index (κ3) is 5.16. The van der Waals surface area contributed by atoms with Crippen molar-refractivity contribution in [1.82, 2.24) is 4.72 Å². The summed E-state index contributed by atoms with van der Waals surface area (Å²) in [6, 6.07) is 9.17. The third-order valence-corrected chi connectivity index (χ3v) is 4.57. The largest absolute Gasteiger partial charge is 0.323 e. The van der Waals surface area contributed by atoms with E-state index in [0.29, 0.717) is 0 Å². The van der Waals surface area contributed by atoms with Gasteiger partial charge in [0.2, 0.25) is 10.0 Å². The van der Waals surface area contributed by atoms with E-state index in [0.717, 1.165) is 12.0 Å². The molecule has 0 aliphatic rings. The van der Waals surface area contributed by atoms with Gasteiger partial charge in [-0.3, -0.25) is 0 Å². The predicted octanol–water partition coefficient (Wildman–Crippen LogP) is 1.65. The van der Waals surface area contributed by atoms with E-state index >= 15 is 0 Å². The molecule has 2 unspecified atom stereocenters. The quantitative estimate of drug-likeness (QED) is 0.791. The molecule has 0 aliphatic carbocycles. The average molecular weight is 270 g/mol. The maximum atomic E-state index is 11.8. The molecule has 0 amide bonds. The molecule has 0 saturated carbocycles. The highest BCUT2D eigenvalue weighted by molar-refractivity contribution is 7.89. The van der Waals surface area contributed by atoms with E-state index < -0.39 is 10.0 Å². The lowest BCUT2D eigenvalue weighted by Gasteiger charge is -2.15. The zero-order chi connectivity index (χ0) is 13.6. The molecule has 0 bridgehead atoms. The van der Waals surface area contributed by atoms with Crippen molar-refractivity contribution in [1.29, 1.82) is 0 Å². The summed E-state index contributed by atoms with van der Waals surface area (Å²) in [6.45, 7) is 4.15. The minimum atomic E-state index is -3.23. The molecule has 18 heavy (non-hydrogen) atoms. The Morgan fingerprint density at radius 1 is 1.28 bits per heavy atom. The number of rotatable bonds is 7. The Labute approximate surface area is 110 Å². The molecule has 102 valence electrons. The lowest BCUT2D eigenvalue weighted by Crippen LogP contribution is -2.34. The Bertz CT molecular complexity index is 445. The van der Waals surface area contributed by atoms with Crippen molar-refractivity contribution in [3.8, 4) is 0 Å². The molecule has 4 nitrogen and oxygen atoms in total. The van der Waals surface area contributed by atoms with E-state index in [2.05, 4.69) is 4.72 Å². The molecule has 1 aromatic carbocycles. The first kappa shape index (κ1) is 15.1. The number of benzene rings is 1. The van der Waals surface area contributed by atoms with Gasteiger partial charge in [-0.15, -0.1) is 0 Å². The van der Waals surface area contributed by atoms with Crippen molar-refractivity contribution in [3.63, 3.8) is 0 Å². The lowest BCUT2D eigenvalue weighted by molar-refractivity contribution is 0.546. The molecule has 0 saturated heterocycles. The Hall–Kier alpha value is -0.910. The van der Waals surface area contributed by atoms with Crippen LogP contribution in [0.15, 0.2) is 30.3 Å². The van der Waals surface area contributed by atoms with Crippen LogP contribution in [0.5, 0.6) is 0 Å². The van der Waals surface area contributed by atoms with Gasteiger partial charge >= 0.3 is 0 Å². The third-order valence-electron chi connectivity index (χ3n) is 2.95. The molecule has 1 rings (SSSR count). The first-order valence-corrected chi connectivity index (χ1v) is 7.87. The standard InChI is InChI=1S/C13H22N2O2S/c1-3-11(2)10-18(16,17)15-9-13(14)12-7-5-4-6-8-12/h4-8,11,13,15H,3,9-10,14H2,1-2H3. The number of hydrogen-bond donors (Lipinski definition) is 2. The SMILES string of the molecule is CCC(C)CS(=O)(=O)NCC(N)c1ccccc1. The van der Waals surface area contributed by atoms with E-state index in [1.807, 2.05) is 44.2 Å². The van der Waals surface area contributed by atoms with Gasteiger partial charge in [0.15, 0.2) is 0 Å². The summed E-state index contributed by atoms with van der Waals surface area (Å²) in [4.78, 5) is 0. The van der Waals surface area contributed by atoms with Gasteiger partial charge < -0.3 is 5.73 Å². The molecule has 2 atom stereocenters. The zero-order valence-electron chi connectivity index (χ0n) is 11.0. The number of nitrogens with two attached hydrogens (primary N) is 1. The molecule has 1 aromatic rings. The molecular formula is C13H22N2O2S. The predicted molar refractivity (Wildman–Crippen MR) is 74.6 cm³/mol. The van der Waals surface area contributed by atoms with E-state index in [1.54, 1.807) is 0 Å². The van der Waals surface area contributed by atoms with Crippen molar-refractivity contribution in [2.75, 3.05) is 12.3 Å². The summed E-state index contributed by atoms with van der Waals surface area (Å²) >= 11 is 0. The summed E-state index contributed by atoms with van der Waals surface area (Å²) in [5.41, 5.74) is 6.87. The van der Waals surface area contributed by atoms with Crippen molar-refractivity contribution in [3.05, 3.63) is 35.9 Å². The fourth-order valence-electron chi connectivity index (χ4n) is 1.59. The van der Waals surface area contributed by atoms with Gasteiger partial charge in [0.25, 0.3) is 0 Å². The minimum Gasteiger partial charge on any atom is -0.323 e. The average Bonchev–Trinajstić information content (AvgIpc) is 2.36. The summed E-state index contributed by atoms with van der Waals surface area (Å²) in [5, 5.41) is 0. The van der Waals surface area contributed by atoms with E-state index in [4.69, 9.17) is 5.73 Å². The molecule has 0 aromatic heterocycles. The second kappa shape index (κ2) is 6.87. The summed E-state index contributed by atoms with van der Waals surface area (Å²) in [5.74, 6) is 0.320. The number of hydrogen-bond acceptors (Lipinski definition) is 3. The maximum Gasteiger partial charge on any atom is 0.211 e. The van der Waals surface area contributed by atoms with Crippen LogP contribution in [0, 0.1) is 5.92 Å². The summed E-state index contributed by atoms with van der Waals surface area (Å²) < 4.78 is 26.1. The molecule has 0 heterocycles. The van der Waals surface area contributed by atoms with Gasteiger partial charge in [0.05, 0.1) is 5.75 Å². The van der Waals surface area contributed by atoms with Crippen molar-refractivity contribution >= 4 is 10.0 Å². The Morgan fingerprint density at radius 3 is 2.44 bits per heavy atom. The van der Waals surface area contributed by atoms with E-state index in [1.165, 1.54) is 0 Å². The normalized spacial score (nSPS) is 15.3. The van der Waals surface area contributed by atoms with Crippen LogP contribution < -0.4 is 10.5 Å². The summed E-state index contributed by atoms with van der Waals surface area (Å²) in [7, 11) is -3.23. The second-order valence-corrected chi connectivity index (χ2v) is 6.51. The van der Waals surface area contributed by atoms with Crippen LogP contribution in [0.2, 0.25) is 0 Å². The fraction of sp³-hybridized carbons (Fsp3) is 0.538. The highest BCUT2D eigenvalue weighted by Crippen LogP contribution is 2.09. The smallest absolute Gasteiger partial charge is 0.211 e. The first-order chi connectivity index (χ1) is 8.44. The van der Waals surface area contributed by atoms with Crippen molar-refractivity contribution < 1.29 is 8.42 Å². The number of sulfonamides is 1. The Morgan fingerprint density at radius 2 is 1.89 bits per heavy atom. The van der Waals surface area contributed by atoms with Crippen molar-refractivity contribution in [2.24, 2.45) is 11.7 Å². The van der Waals surface area contributed by atoms with Crippen LogP contribution in [0.4, 0.5) is 0 Å². The van der Waals surface area contributed by atoms with Gasteiger partial charge in [0, 0.05) is 12.6 Å². The molecule has 0 aliphatic heterocycles. The van der Waals surface area contributed by atoms with Crippen LogP contribution in [-0.2, 0) is 10.0 Å². The molecule has 5 heteroatoms. The minimum absolute atomic E-state index is 0.158. The molecule has 0 spiro atoms. The van der Waals surface area contributed by atoms with Crippen molar-refractivity contribution in [2.45, 2.75) is 26.3 Å². The van der Waals surface area contributed by atoms with Crippen LogP contribution in [0.3, 0.4) is 0 Å². The highest BCUT2D eigenvalue weighted by Gasteiger charge is 2.16. The molecular weight excluding hydrogens is 248 g/mol. The topological polar surface area (TPSA) is 72.2 Å². The molecule has 3 N–H and O–H groups in total. The molecule has 0 radical (unpaired) electrons. The van der Waals surface area contributed by atoms with Crippen LogP contribution in [-0.4, -0.2) is 20.7 Å². The fourth-order valence-corrected chi connectivity index (χ4v) is 3.12. The first-order valence-electron chi connectivity index (χ1n) is 6.22. The van der Waals surface area contributed by atoms with Crippen LogP contribution in [0.25, 0.3) is 0 Å². The molecule has 0 fully saturated rings. The zero-order valence-corrected chi connectivity index (χ0v) is 11.8. The lowest BCUT2D eigenvalue weighted by atomic mass is 10.1. The van der Waals surface area contributed by atoms with Crippen LogP contribution in [0.1, 0.15) is 31.9 Å². The van der Waals surface area contributed by atoms with Gasteiger partial charge in [-0.1, -0.05) is 50.6 Å². The van der Waals surface area contributed by atoms with Gasteiger partial charge in [-0.25, -0.2) is 13.1 Å². The van der Waals surface area contributed by atoms with E-state index in [9.17, 15) is 8.42 Å². The monoisotopic (exact) mass is 270 g/mol. The van der Waals surface area contributed by atoms with Gasteiger partial charge in [-0.2, -0.15) is 0 Å². The van der Waals surface area contributed by atoms with E-state index in [-0.39, 0.29) is 24.3 Å². The maximum absolute atomic E-state index is 11.8. The van der Waals surface area contributed by atoms with Crippen LogP contribution >= 0.6 is 0 Å².